The molecule has 0 spiro atoms. The minimum atomic E-state index is 0.938. The zero-order chi connectivity index (χ0) is 5.82. The van der Waals surface area contributed by atoms with Gasteiger partial charge in [-0.1, -0.05) is 0 Å². The molecule has 0 bridgehead atoms. The van der Waals surface area contributed by atoms with Crippen LogP contribution in [0, 0.1) is 0 Å². The van der Waals surface area contributed by atoms with E-state index >= 15 is 0 Å². The molecule has 1 fully saturated rings. The molecule has 0 unspecified atom stereocenters. The quantitative estimate of drug-likeness (QED) is 0.471. The predicted molar refractivity (Wildman–Crippen MR) is 32.9 cm³/mol. The number of hydrogen-bond donors (Lipinski definition) is 2. The van der Waals surface area contributed by atoms with Crippen molar-refractivity contribution in [3.05, 3.63) is 12.4 Å². The fourth-order valence-electron chi connectivity index (χ4n) is 0.773. The molecule has 1 aliphatic rings. The van der Waals surface area contributed by atoms with E-state index in [-0.39, 0.29) is 0 Å². The summed E-state index contributed by atoms with van der Waals surface area (Å²) in [4.78, 5) is 2.12. The Bertz CT molecular complexity index is 83.7. The van der Waals surface area contributed by atoms with E-state index in [0.717, 1.165) is 19.8 Å². The molecule has 8 heavy (non-hydrogen) atoms. The highest BCUT2D eigenvalue weighted by molar-refractivity contribution is 4.80. The Kier molecular flexibility index (Phi) is 1.75. The molecule has 0 radical (unpaired) electrons. The average molecular weight is 113 g/mol. The van der Waals surface area contributed by atoms with Gasteiger partial charge in [-0.2, -0.15) is 0 Å². The summed E-state index contributed by atoms with van der Waals surface area (Å²) in [6.45, 7) is 3.09. The van der Waals surface area contributed by atoms with E-state index in [1.807, 2.05) is 6.20 Å². The number of nitrogens with two attached hydrogens (primary N) is 1. The van der Waals surface area contributed by atoms with Gasteiger partial charge in [-0.3, -0.25) is 5.32 Å². The molecule has 1 saturated heterocycles. The van der Waals surface area contributed by atoms with Crippen molar-refractivity contribution in [3.8, 4) is 0 Å². The molecule has 3 N–H and O–H groups in total. The number of hydrogen-bond acceptors (Lipinski definition) is 3. The maximum atomic E-state index is 5.16. The monoisotopic (exact) mass is 113 g/mol. The minimum absolute atomic E-state index is 0.938. The molecule has 46 valence electrons. The Labute approximate surface area is 49.2 Å². The molecule has 0 atom stereocenters. The van der Waals surface area contributed by atoms with Crippen molar-refractivity contribution >= 4 is 0 Å². The third kappa shape index (κ3) is 1.13. The van der Waals surface area contributed by atoms with E-state index < -0.39 is 0 Å². The van der Waals surface area contributed by atoms with E-state index in [0.29, 0.717) is 0 Å². The normalized spacial score (nSPS) is 20.8. The fraction of sp³-hybridized carbons (Fsp3) is 0.600. The van der Waals surface area contributed by atoms with Crippen LogP contribution in [-0.4, -0.2) is 24.7 Å². The van der Waals surface area contributed by atoms with Gasteiger partial charge in [-0.25, -0.2) is 0 Å². The van der Waals surface area contributed by atoms with E-state index in [1.165, 1.54) is 0 Å². The maximum Gasteiger partial charge on any atom is 0.0678 e. The van der Waals surface area contributed by atoms with E-state index in [9.17, 15) is 0 Å². The molecule has 0 aromatic carbocycles. The highest BCUT2D eigenvalue weighted by Gasteiger charge is 2.03. The van der Waals surface area contributed by atoms with Crippen molar-refractivity contribution in [2.24, 2.45) is 5.73 Å². The molecule has 1 rings (SSSR count). The Morgan fingerprint density at radius 2 is 2.50 bits per heavy atom. The van der Waals surface area contributed by atoms with Crippen LogP contribution in [0.3, 0.4) is 0 Å². The number of rotatable bonds is 1. The van der Waals surface area contributed by atoms with Gasteiger partial charge in [0.15, 0.2) is 0 Å². The highest BCUT2D eigenvalue weighted by Crippen LogP contribution is 1.90. The molecule has 3 heteroatoms. The summed E-state index contributed by atoms with van der Waals surface area (Å²) < 4.78 is 0. The second-order valence-corrected chi connectivity index (χ2v) is 1.81. The van der Waals surface area contributed by atoms with Gasteiger partial charge in [0.2, 0.25) is 0 Å². The summed E-state index contributed by atoms with van der Waals surface area (Å²) in [5.74, 6) is 0. The van der Waals surface area contributed by atoms with Crippen molar-refractivity contribution in [3.63, 3.8) is 0 Å². The van der Waals surface area contributed by atoms with Gasteiger partial charge >= 0.3 is 0 Å². The Morgan fingerprint density at radius 3 is 3.00 bits per heavy atom. The number of nitrogens with one attached hydrogen (secondary N) is 1. The van der Waals surface area contributed by atoms with Gasteiger partial charge in [0, 0.05) is 25.5 Å². The van der Waals surface area contributed by atoms with Gasteiger partial charge in [0.05, 0.1) is 6.67 Å². The van der Waals surface area contributed by atoms with Crippen molar-refractivity contribution in [2.45, 2.75) is 0 Å². The van der Waals surface area contributed by atoms with Crippen molar-refractivity contribution in [1.29, 1.82) is 0 Å². The summed E-state index contributed by atoms with van der Waals surface area (Å²) in [5.41, 5.74) is 5.16. The first-order chi connectivity index (χ1) is 3.93. The lowest BCUT2D eigenvalue weighted by Gasteiger charge is -2.07. The smallest absolute Gasteiger partial charge is 0.0678 e. The molecule has 0 aliphatic carbocycles. The second-order valence-electron chi connectivity index (χ2n) is 1.81. The fourth-order valence-corrected chi connectivity index (χ4v) is 0.773. The molecule has 0 aromatic rings. The Hall–Kier alpha value is -0.700. The zero-order valence-corrected chi connectivity index (χ0v) is 4.80. The molecule has 0 amide bonds. The van der Waals surface area contributed by atoms with Crippen LogP contribution in [-0.2, 0) is 0 Å². The van der Waals surface area contributed by atoms with Crippen molar-refractivity contribution < 1.29 is 0 Å². The topological polar surface area (TPSA) is 41.3 Å². The van der Waals surface area contributed by atoms with Crippen molar-refractivity contribution in [2.75, 3.05) is 19.8 Å². The van der Waals surface area contributed by atoms with Crippen LogP contribution in [0.2, 0.25) is 0 Å². The number of nitrogens with zero attached hydrogens (tertiary/aromatic N) is 1. The van der Waals surface area contributed by atoms with Crippen molar-refractivity contribution in [1.82, 2.24) is 10.2 Å². The summed E-state index contributed by atoms with van der Waals surface area (Å²) >= 11 is 0. The lowest BCUT2D eigenvalue weighted by atomic mass is 10.6. The van der Waals surface area contributed by atoms with Crippen LogP contribution in [0.25, 0.3) is 0 Å². The van der Waals surface area contributed by atoms with Crippen LogP contribution in [0.5, 0.6) is 0 Å². The van der Waals surface area contributed by atoms with Gasteiger partial charge in [-0.05, 0) is 0 Å². The maximum absolute atomic E-state index is 5.16. The Morgan fingerprint density at radius 1 is 1.62 bits per heavy atom. The van der Waals surface area contributed by atoms with Crippen LogP contribution in [0.1, 0.15) is 0 Å². The standard InChI is InChI=1S/C5H11N3/c6-1-3-8-4-2-7-5-8/h1,3,7H,2,4-6H2. The van der Waals surface area contributed by atoms with E-state index in [1.54, 1.807) is 6.20 Å². The summed E-state index contributed by atoms with van der Waals surface area (Å²) in [6, 6.07) is 0. The van der Waals surface area contributed by atoms with Crippen LogP contribution in [0.4, 0.5) is 0 Å². The third-order valence-electron chi connectivity index (χ3n) is 1.19. The van der Waals surface area contributed by atoms with E-state index in [4.69, 9.17) is 5.73 Å². The van der Waals surface area contributed by atoms with Gasteiger partial charge in [0.1, 0.15) is 0 Å². The average Bonchev–Trinajstić information content (AvgIpc) is 2.19. The summed E-state index contributed by atoms with van der Waals surface area (Å²) in [5, 5.41) is 3.18. The summed E-state index contributed by atoms with van der Waals surface area (Å²) in [6.07, 6.45) is 3.45. The molecule has 1 heterocycles. The second kappa shape index (κ2) is 2.57. The molecule has 1 aliphatic heterocycles. The van der Waals surface area contributed by atoms with Gasteiger partial charge in [0.25, 0.3) is 0 Å². The summed E-state index contributed by atoms with van der Waals surface area (Å²) in [7, 11) is 0. The van der Waals surface area contributed by atoms with Crippen LogP contribution < -0.4 is 11.1 Å². The highest BCUT2D eigenvalue weighted by atomic mass is 15.3. The Balaban J connectivity index is 2.24. The predicted octanol–water partition coefficient (Wildman–Crippen LogP) is -0.721. The molecule has 3 nitrogen and oxygen atoms in total. The van der Waals surface area contributed by atoms with Gasteiger partial charge in [-0.15, -0.1) is 0 Å². The largest absolute Gasteiger partial charge is 0.403 e. The molecular formula is C5H11N3. The molecule has 0 saturated carbocycles. The first kappa shape index (κ1) is 5.44. The first-order valence-corrected chi connectivity index (χ1v) is 2.76. The lowest BCUT2D eigenvalue weighted by Crippen LogP contribution is -2.15. The first-order valence-electron chi connectivity index (χ1n) is 2.76. The van der Waals surface area contributed by atoms with Gasteiger partial charge < -0.3 is 10.6 Å². The lowest BCUT2D eigenvalue weighted by molar-refractivity contribution is 0.460. The zero-order valence-electron chi connectivity index (χ0n) is 4.80. The van der Waals surface area contributed by atoms with E-state index in [2.05, 4.69) is 10.2 Å². The SMILES string of the molecule is NC=CN1CCNC1. The van der Waals surface area contributed by atoms with Crippen LogP contribution >= 0.6 is 0 Å². The minimum Gasteiger partial charge on any atom is -0.403 e. The molecular weight excluding hydrogens is 102 g/mol. The molecule has 0 aromatic heterocycles. The van der Waals surface area contributed by atoms with Crippen LogP contribution in [0.15, 0.2) is 12.4 Å². The third-order valence-corrected chi connectivity index (χ3v) is 1.19.